The van der Waals surface area contributed by atoms with Crippen molar-refractivity contribution in [2.24, 2.45) is 11.8 Å². The fraction of sp³-hybridized carbons (Fsp3) is 0.933. The molecule has 1 aliphatic carbocycles. The monoisotopic (exact) mass is 269 g/mol. The summed E-state index contributed by atoms with van der Waals surface area (Å²) in [6, 6.07) is -0.0551. The van der Waals surface area contributed by atoms with Gasteiger partial charge in [0.05, 0.1) is 12.6 Å². The van der Waals surface area contributed by atoms with Gasteiger partial charge >= 0.3 is 6.09 Å². The molecule has 1 N–H and O–H groups in total. The van der Waals surface area contributed by atoms with Gasteiger partial charge < -0.3 is 14.7 Å². The third-order valence-corrected chi connectivity index (χ3v) is 4.35. The van der Waals surface area contributed by atoms with Crippen LogP contribution in [0.25, 0.3) is 0 Å². The maximum absolute atomic E-state index is 12.2. The van der Waals surface area contributed by atoms with Crippen molar-refractivity contribution < 1.29 is 14.6 Å². The quantitative estimate of drug-likeness (QED) is 0.838. The van der Waals surface area contributed by atoms with Crippen LogP contribution in [-0.4, -0.2) is 40.9 Å². The number of aliphatic hydroxyl groups is 1. The molecule has 0 radical (unpaired) electrons. The average Bonchev–Trinajstić information content (AvgIpc) is 2.95. The molecule has 0 aromatic heterocycles. The van der Waals surface area contributed by atoms with E-state index in [-0.39, 0.29) is 18.7 Å². The van der Waals surface area contributed by atoms with Crippen molar-refractivity contribution in [2.45, 2.75) is 64.5 Å². The SMILES string of the molecule is CC(C)(C)OC(=O)N1CC(C2CCCC2)C[C@H]1CO. The Hall–Kier alpha value is -0.770. The summed E-state index contributed by atoms with van der Waals surface area (Å²) >= 11 is 0. The van der Waals surface area contributed by atoms with Crippen LogP contribution >= 0.6 is 0 Å². The van der Waals surface area contributed by atoms with E-state index in [1.54, 1.807) is 4.90 Å². The number of hydrogen-bond acceptors (Lipinski definition) is 3. The Bertz CT molecular complexity index is 318. The van der Waals surface area contributed by atoms with Crippen LogP contribution in [0.15, 0.2) is 0 Å². The zero-order chi connectivity index (χ0) is 14.0. The minimum Gasteiger partial charge on any atom is -0.444 e. The first-order valence-electron chi connectivity index (χ1n) is 7.51. The first-order valence-corrected chi connectivity index (χ1v) is 7.51. The molecule has 1 amide bonds. The zero-order valence-electron chi connectivity index (χ0n) is 12.4. The van der Waals surface area contributed by atoms with Crippen LogP contribution in [0.5, 0.6) is 0 Å². The van der Waals surface area contributed by atoms with E-state index < -0.39 is 5.60 Å². The number of likely N-dealkylation sites (tertiary alicyclic amines) is 1. The molecule has 19 heavy (non-hydrogen) atoms. The molecule has 1 saturated heterocycles. The van der Waals surface area contributed by atoms with Gasteiger partial charge in [0.1, 0.15) is 5.60 Å². The van der Waals surface area contributed by atoms with E-state index in [9.17, 15) is 9.90 Å². The lowest BCUT2D eigenvalue weighted by molar-refractivity contribution is 0.0170. The molecule has 0 aromatic rings. The van der Waals surface area contributed by atoms with Crippen LogP contribution in [-0.2, 0) is 4.74 Å². The van der Waals surface area contributed by atoms with E-state index in [1.165, 1.54) is 25.7 Å². The van der Waals surface area contributed by atoms with Crippen molar-refractivity contribution >= 4 is 6.09 Å². The average molecular weight is 269 g/mol. The summed E-state index contributed by atoms with van der Waals surface area (Å²) in [6.45, 7) is 6.43. The molecule has 0 aromatic carbocycles. The Morgan fingerprint density at radius 3 is 2.42 bits per heavy atom. The molecule has 2 atom stereocenters. The first-order chi connectivity index (χ1) is 8.90. The Balaban J connectivity index is 1.97. The highest BCUT2D eigenvalue weighted by Gasteiger charge is 2.40. The largest absolute Gasteiger partial charge is 0.444 e. The summed E-state index contributed by atoms with van der Waals surface area (Å²) < 4.78 is 5.44. The summed E-state index contributed by atoms with van der Waals surface area (Å²) in [5, 5.41) is 9.49. The molecular weight excluding hydrogens is 242 g/mol. The number of carbonyl (C=O) groups excluding carboxylic acids is 1. The standard InChI is InChI=1S/C15H27NO3/c1-15(2,3)19-14(18)16-9-12(8-13(16)10-17)11-6-4-5-7-11/h11-13,17H,4-10H2,1-3H3/t12?,13-/m0/s1. The number of ether oxygens (including phenoxy) is 1. The number of carbonyl (C=O) groups is 1. The molecule has 2 fully saturated rings. The van der Waals surface area contributed by atoms with E-state index in [4.69, 9.17) is 4.74 Å². The summed E-state index contributed by atoms with van der Waals surface area (Å²) in [6.07, 6.45) is 5.86. The van der Waals surface area contributed by atoms with E-state index >= 15 is 0 Å². The second kappa shape index (κ2) is 5.70. The minimum absolute atomic E-state index is 0.0441. The number of nitrogens with zero attached hydrogens (tertiary/aromatic N) is 1. The van der Waals surface area contributed by atoms with Gasteiger partial charge in [-0.1, -0.05) is 25.7 Å². The lowest BCUT2D eigenvalue weighted by Gasteiger charge is -2.27. The predicted octanol–water partition coefficient (Wildman–Crippen LogP) is 2.79. The molecule has 1 saturated carbocycles. The lowest BCUT2D eigenvalue weighted by Crippen LogP contribution is -2.41. The van der Waals surface area contributed by atoms with Gasteiger partial charge in [-0.15, -0.1) is 0 Å². The molecule has 2 aliphatic rings. The maximum Gasteiger partial charge on any atom is 0.410 e. The summed E-state index contributed by atoms with van der Waals surface area (Å²) in [5.41, 5.74) is -0.470. The van der Waals surface area contributed by atoms with Crippen molar-refractivity contribution in [3.05, 3.63) is 0 Å². The topological polar surface area (TPSA) is 49.8 Å². The van der Waals surface area contributed by atoms with Crippen molar-refractivity contribution in [3.8, 4) is 0 Å². The highest BCUT2D eigenvalue weighted by Crippen LogP contribution is 2.38. The van der Waals surface area contributed by atoms with Gasteiger partial charge in [-0.05, 0) is 39.0 Å². The van der Waals surface area contributed by atoms with Gasteiger partial charge in [0.15, 0.2) is 0 Å². The van der Waals surface area contributed by atoms with Crippen LogP contribution in [0.2, 0.25) is 0 Å². The van der Waals surface area contributed by atoms with E-state index in [2.05, 4.69) is 0 Å². The highest BCUT2D eigenvalue weighted by atomic mass is 16.6. The minimum atomic E-state index is -0.470. The summed E-state index contributed by atoms with van der Waals surface area (Å²) in [5.74, 6) is 1.29. The number of aliphatic hydroxyl groups excluding tert-OH is 1. The van der Waals surface area contributed by atoms with E-state index in [0.717, 1.165) is 18.9 Å². The Labute approximate surface area is 116 Å². The fourth-order valence-electron chi connectivity index (χ4n) is 3.44. The smallest absolute Gasteiger partial charge is 0.410 e. The second-order valence-electron chi connectivity index (χ2n) is 7.01. The molecule has 1 unspecified atom stereocenters. The van der Waals surface area contributed by atoms with Crippen LogP contribution in [0.3, 0.4) is 0 Å². The van der Waals surface area contributed by atoms with Gasteiger partial charge in [-0.2, -0.15) is 0 Å². The molecule has 1 aliphatic heterocycles. The van der Waals surface area contributed by atoms with Crippen molar-refractivity contribution in [1.29, 1.82) is 0 Å². The predicted molar refractivity (Wildman–Crippen MR) is 73.9 cm³/mol. The molecule has 4 heteroatoms. The van der Waals surface area contributed by atoms with Gasteiger partial charge in [0, 0.05) is 6.54 Å². The van der Waals surface area contributed by atoms with Crippen LogP contribution in [0, 0.1) is 11.8 Å². The van der Waals surface area contributed by atoms with Gasteiger partial charge in [-0.25, -0.2) is 4.79 Å². The van der Waals surface area contributed by atoms with Gasteiger partial charge in [0.25, 0.3) is 0 Å². The van der Waals surface area contributed by atoms with Crippen molar-refractivity contribution in [3.63, 3.8) is 0 Å². The summed E-state index contributed by atoms with van der Waals surface area (Å²) in [4.78, 5) is 13.9. The van der Waals surface area contributed by atoms with Crippen molar-refractivity contribution in [1.82, 2.24) is 4.90 Å². The van der Waals surface area contributed by atoms with Gasteiger partial charge in [0.2, 0.25) is 0 Å². The number of hydrogen-bond donors (Lipinski definition) is 1. The fourth-order valence-corrected chi connectivity index (χ4v) is 3.44. The van der Waals surface area contributed by atoms with E-state index in [0.29, 0.717) is 5.92 Å². The first kappa shape index (κ1) is 14.6. The molecule has 2 rings (SSSR count). The third-order valence-electron chi connectivity index (χ3n) is 4.35. The van der Waals surface area contributed by atoms with Crippen LogP contribution in [0.1, 0.15) is 52.9 Å². The third kappa shape index (κ3) is 3.62. The molecule has 0 spiro atoms. The Morgan fingerprint density at radius 1 is 1.26 bits per heavy atom. The van der Waals surface area contributed by atoms with E-state index in [1.807, 2.05) is 20.8 Å². The normalized spacial score (nSPS) is 28.9. The zero-order valence-corrected chi connectivity index (χ0v) is 12.4. The molecular formula is C15H27NO3. The molecule has 1 heterocycles. The van der Waals surface area contributed by atoms with Crippen molar-refractivity contribution in [2.75, 3.05) is 13.2 Å². The molecule has 110 valence electrons. The Morgan fingerprint density at radius 2 is 1.89 bits per heavy atom. The maximum atomic E-state index is 12.2. The molecule has 4 nitrogen and oxygen atoms in total. The van der Waals surface area contributed by atoms with Crippen LogP contribution < -0.4 is 0 Å². The van der Waals surface area contributed by atoms with Crippen LogP contribution in [0.4, 0.5) is 4.79 Å². The number of amides is 1. The molecule has 0 bridgehead atoms. The summed E-state index contributed by atoms with van der Waals surface area (Å²) in [7, 11) is 0. The second-order valence-corrected chi connectivity index (χ2v) is 7.01. The Kier molecular flexibility index (Phi) is 4.39. The highest BCUT2D eigenvalue weighted by molar-refractivity contribution is 5.69. The number of rotatable bonds is 2. The lowest BCUT2D eigenvalue weighted by atomic mass is 9.89. The van der Waals surface area contributed by atoms with Gasteiger partial charge in [-0.3, -0.25) is 0 Å².